The van der Waals surface area contributed by atoms with Crippen LogP contribution in [0.1, 0.15) is 16.7 Å². The van der Waals surface area contributed by atoms with Crippen molar-refractivity contribution in [3.8, 4) is 0 Å². The third kappa shape index (κ3) is 4.41. The molecule has 0 spiro atoms. The van der Waals surface area contributed by atoms with Crippen molar-refractivity contribution in [3.63, 3.8) is 0 Å². The monoisotopic (exact) mass is 300 g/mol. The molecule has 2 amide bonds. The Morgan fingerprint density at radius 1 is 0.955 bits per heavy atom. The number of aryl methyl sites for hydroxylation is 2. The van der Waals surface area contributed by atoms with Gasteiger partial charge in [0, 0.05) is 12.2 Å². The molecule has 0 aromatic heterocycles. The van der Waals surface area contributed by atoms with Crippen LogP contribution in [0.4, 0.5) is 10.1 Å². The van der Waals surface area contributed by atoms with E-state index >= 15 is 0 Å². The molecule has 2 aromatic carbocycles. The highest BCUT2D eigenvalue weighted by atomic mass is 19.1. The molecular formula is C17H17FN2O2. The normalized spacial score (nSPS) is 10.1. The van der Waals surface area contributed by atoms with Crippen molar-refractivity contribution in [2.24, 2.45) is 0 Å². The summed E-state index contributed by atoms with van der Waals surface area (Å²) in [6, 6.07) is 11.3. The fourth-order valence-electron chi connectivity index (χ4n) is 2.10. The minimum atomic E-state index is -0.733. The summed E-state index contributed by atoms with van der Waals surface area (Å²) < 4.78 is 12.8. The molecule has 0 aliphatic rings. The molecule has 22 heavy (non-hydrogen) atoms. The summed E-state index contributed by atoms with van der Waals surface area (Å²) in [7, 11) is 0. The van der Waals surface area contributed by atoms with Crippen LogP contribution in [0.25, 0.3) is 0 Å². The number of benzene rings is 2. The molecule has 0 bridgehead atoms. The Morgan fingerprint density at radius 2 is 1.55 bits per heavy atom. The van der Waals surface area contributed by atoms with Gasteiger partial charge < -0.3 is 10.6 Å². The van der Waals surface area contributed by atoms with Gasteiger partial charge in [-0.2, -0.15) is 0 Å². The lowest BCUT2D eigenvalue weighted by atomic mass is 10.1. The smallest absolute Gasteiger partial charge is 0.313 e. The van der Waals surface area contributed by atoms with Crippen LogP contribution in [-0.2, 0) is 16.1 Å². The Labute approximate surface area is 128 Å². The molecule has 0 heterocycles. The quantitative estimate of drug-likeness (QED) is 0.856. The van der Waals surface area contributed by atoms with Crippen LogP contribution in [0.3, 0.4) is 0 Å². The predicted molar refractivity (Wildman–Crippen MR) is 82.8 cm³/mol. The maximum atomic E-state index is 12.8. The van der Waals surface area contributed by atoms with Gasteiger partial charge in [0.2, 0.25) is 0 Å². The molecule has 0 saturated heterocycles. The lowest BCUT2D eigenvalue weighted by Gasteiger charge is -2.08. The van der Waals surface area contributed by atoms with Crippen LogP contribution < -0.4 is 10.6 Å². The molecule has 4 nitrogen and oxygen atoms in total. The Kier molecular flexibility index (Phi) is 4.88. The van der Waals surface area contributed by atoms with Gasteiger partial charge in [0.25, 0.3) is 0 Å². The number of amides is 2. The van der Waals surface area contributed by atoms with E-state index in [1.165, 1.54) is 12.1 Å². The summed E-state index contributed by atoms with van der Waals surface area (Å²) in [5.74, 6) is -1.81. The average Bonchev–Trinajstić information content (AvgIpc) is 2.45. The second kappa shape index (κ2) is 6.85. The molecule has 2 aromatic rings. The van der Waals surface area contributed by atoms with Gasteiger partial charge in [-0.3, -0.25) is 9.59 Å². The number of carbonyl (C=O) groups is 2. The van der Waals surface area contributed by atoms with Crippen molar-refractivity contribution in [2.75, 3.05) is 5.32 Å². The molecule has 0 atom stereocenters. The van der Waals surface area contributed by atoms with Crippen LogP contribution in [-0.4, -0.2) is 11.8 Å². The van der Waals surface area contributed by atoms with E-state index in [-0.39, 0.29) is 12.4 Å². The Balaban J connectivity index is 1.91. The van der Waals surface area contributed by atoms with E-state index in [0.29, 0.717) is 11.3 Å². The first kappa shape index (κ1) is 15.7. The Bertz CT molecular complexity index is 676. The third-order valence-corrected chi connectivity index (χ3v) is 3.05. The van der Waals surface area contributed by atoms with Gasteiger partial charge in [-0.1, -0.05) is 18.2 Å². The predicted octanol–water partition coefficient (Wildman–Crippen LogP) is 2.70. The Hall–Kier alpha value is -2.69. The van der Waals surface area contributed by atoms with Crippen LogP contribution >= 0.6 is 0 Å². The van der Waals surface area contributed by atoms with E-state index in [9.17, 15) is 14.0 Å². The number of nitrogens with one attached hydrogen (secondary N) is 2. The van der Waals surface area contributed by atoms with Gasteiger partial charge in [0.15, 0.2) is 0 Å². The van der Waals surface area contributed by atoms with Crippen molar-refractivity contribution in [2.45, 2.75) is 20.4 Å². The first-order chi connectivity index (χ1) is 10.4. The number of hydrogen-bond acceptors (Lipinski definition) is 2. The molecule has 5 heteroatoms. The molecule has 0 aliphatic carbocycles. The lowest BCUT2D eigenvalue weighted by Crippen LogP contribution is -2.35. The Morgan fingerprint density at radius 3 is 2.14 bits per heavy atom. The standard InChI is InChI=1S/C17H17FN2O2/c1-11-7-12(2)9-15(8-11)20-17(22)16(21)19-10-13-3-5-14(18)6-4-13/h3-9H,10H2,1-2H3,(H,19,21)(H,20,22). The summed E-state index contributed by atoms with van der Waals surface area (Å²) in [5.41, 5.74) is 3.30. The fourth-order valence-corrected chi connectivity index (χ4v) is 2.10. The molecule has 0 aliphatic heterocycles. The van der Waals surface area contributed by atoms with Crippen molar-refractivity contribution in [1.29, 1.82) is 0 Å². The molecule has 0 radical (unpaired) electrons. The van der Waals surface area contributed by atoms with E-state index < -0.39 is 11.8 Å². The van der Waals surface area contributed by atoms with Gasteiger partial charge in [-0.05, 0) is 54.8 Å². The minimum Gasteiger partial charge on any atom is -0.344 e. The third-order valence-electron chi connectivity index (χ3n) is 3.05. The summed E-state index contributed by atoms with van der Waals surface area (Å²) in [6.07, 6.45) is 0. The van der Waals surface area contributed by atoms with E-state index in [4.69, 9.17) is 0 Å². The van der Waals surface area contributed by atoms with Crippen molar-refractivity contribution in [1.82, 2.24) is 5.32 Å². The van der Waals surface area contributed by atoms with Crippen LogP contribution in [0, 0.1) is 19.7 Å². The molecular weight excluding hydrogens is 283 g/mol. The van der Waals surface area contributed by atoms with E-state index in [2.05, 4.69) is 10.6 Å². The first-order valence-corrected chi connectivity index (χ1v) is 6.86. The van der Waals surface area contributed by atoms with Gasteiger partial charge in [0.05, 0.1) is 0 Å². The topological polar surface area (TPSA) is 58.2 Å². The van der Waals surface area contributed by atoms with Gasteiger partial charge in [-0.15, -0.1) is 0 Å². The van der Waals surface area contributed by atoms with Crippen LogP contribution in [0.15, 0.2) is 42.5 Å². The molecule has 114 valence electrons. The highest BCUT2D eigenvalue weighted by Gasteiger charge is 2.13. The zero-order chi connectivity index (χ0) is 16.1. The minimum absolute atomic E-state index is 0.166. The highest BCUT2D eigenvalue weighted by molar-refractivity contribution is 6.39. The second-order valence-electron chi connectivity index (χ2n) is 5.14. The van der Waals surface area contributed by atoms with Crippen LogP contribution in [0.5, 0.6) is 0 Å². The zero-order valence-corrected chi connectivity index (χ0v) is 12.4. The maximum Gasteiger partial charge on any atom is 0.313 e. The highest BCUT2D eigenvalue weighted by Crippen LogP contribution is 2.13. The van der Waals surface area contributed by atoms with Gasteiger partial charge >= 0.3 is 11.8 Å². The van der Waals surface area contributed by atoms with Crippen molar-refractivity contribution in [3.05, 3.63) is 65.0 Å². The maximum absolute atomic E-state index is 12.8. The largest absolute Gasteiger partial charge is 0.344 e. The first-order valence-electron chi connectivity index (χ1n) is 6.86. The molecule has 2 rings (SSSR count). The number of anilines is 1. The molecule has 0 saturated carbocycles. The van der Waals surface area contributed by atoms with Gasteiger partial charge in [0.1, 0.15) is 5.82 Å². The van der Waals surface area contributed by atoms with Gasteiger partial charge in [-0.25, -0.2) is 4.39 Å². The van der Waals surface area contributed by atoms with Crippen molar-refractivity contribution >= 4 is 17.5 Å². The summed E-state index contributed by atoms with van der Waals surface area (Å²) in [6.45, 7) is 3.99. The lowest BCUT2D eigenvalue weighted by molar-refractivity contribution is -0.136. The fraction of sp³-hybridized carbons (Fsp3) is 0.176. The van der Waals surface area contributed by atoms with E-state index in [1.54, 1.807) is 24.3 Å². The average molecular weight is 300 g/mol. The zero-order valence-electron chi connectivity index (χ0n) is 12.4. The van der Waals surface area contributed by atoms with E-state index in [1.807, 2.05) is 19.9 Å². The number of carbonyl (C=O) groups excluding carboxylic acids is 2. The summed E-state index contributed by atoms with van der Waals surface area (Å²) >= 11 is 0. The second-order valence-corrected chi connectivity index (χ2v) is 5.14. The van der Waals surface area contributed by atoms with Crippen LogP contribution in [0.2, 0.25) is 0 Å². The van der Waals surface area contributed by atoms with Crippen molar-refractivity contribution < 1.29 is 14.0 Å². The van der Waals surface area contributed by atoms with E-state index in [0.717, 1.165) is 11.1 Å². The number of rotatable bonds is 3. The molecule has 0 fully saturated rings. The SMILES string of the molecule is Cc1cc(C)cc(NC(=O)C(=O)NCc2ccc(F)cc2)c1. The summed E-state index contributed by atoms with van der Waals surface area (Å²) in [5, 5.41) is 5.05. The number of hydrogen-bond donors (Lipinski definition) is 2. The summed E-state index contributed by atoms with van der Waals surface area (Å²) in [4.78, 5) is 23.6. The molecule has 2 N–H and O–H groups in total. The number of halogens is 1. The molecule has 0 unspecified atom stereocenters.